The summed E-state index contributed by atoms with van der Waals surface area (Å²) in [4.78, 5) is 2.39. The molecule has 0 bridgehead atoms. The van der Waals surface area contributed by atoms with Crippen LogP contribution in [0.4, 0.5) is 17.1 Å². The zero-order valence-corrected chi connectivity index (χ0v) is 30.6. The largest absolute Gasteiger partial charge is 0.455 e. The van der Waals surface area contributed by atoms with Crippen LogP contribution in [0.15, 0.2) is 205 Å². The van der Waals surface area contributed by atoms with Crippen molar-refractivity contribution in [1.29, 1.82) is 0 Å². The Labute approximate surface area is 322 Å². The average Bonchev–Trinajstić information content (AvgIpc) is 3.82. The van der Waals surface area contributed by atoms with E-state index in [1.165, 1.54) is 47.8 Å². The summed E-state index contributed by atoms with van der Waals surface area (Å²) in [5.74, 6) is 0. The Balaban J connectivity index is 1.06. The first kappa shape index (κ1) is 31.6. The quantitative estimate of drug-likeness (QED) is 0.170. The minimum Gasteiger partial charge on any atom is -0.455 e. The van der Waals surface area contributed by atoms with Crippen LogP contribution in [0.3, 0.4) is 0 Å². The van der Waals surface area contributed by atoms with E-state index in [1.807, 2.05) is 11.3 Å². The standard InChI is InChI=1S/C52H33NOS/c1-3-12-34(13-4-1)37-16-11-17-40(30-37)53(41-27-29-51-47(32-41)44-19-9-10-21-50(44)55-51)39-25-22-36(23-26-39)46-33-48-43-28-24-38(35-14-5-2-6-15-35)31-49(43)54-52(48)45-20-8-7-18-42(45)46/h1-33H. The smallest absolute Gasteiger partial charge is 0.143 e. The lowest BCUT2D eigenvalue weighted by Crippen LogP contribution is -2.10. The maximum absolute atomic E-state index is 6.65. The van der Waals surface area contributed by atoms with E-state index in [-0.39, 0.29) is 0 Å². The molecule has 258 valence electrons. The van der Waals surface area contributed by atoms with E-state index in [0.29, 0.717) is 0 Å². The molecule has 11 rings (SSSR count). The molecule has 0 saturated heterocycles. The summed E-state index contributed by atoms with van der Waals surface area (Å²) in [5, 5.41) is 7.12. The van der Waals surface area contributed by atoms with Crippen molar-refractivity contribution in [1.82, 2.24) is 0 Å². The number of hydrogen-bond donors (Lipinski definition) is 0. The summed E-state index contributed by atoms with van der Waals surface area (Å²) < 4.78 is 9.26. The Morgan fingerprint density at radius 2 is 0.927 bits per heavy atom. The Morgan fingerprint density at radius 3 is 1.71 bits per heavy atom. The second-order valence-electron chi connectivity index (χ2n) is 14.1. The molecule has 0 aliphatic carbocycles. The predicted molar refractivity (Wildman–Crippen MR) is 235 cm³/mol. The summed E-state index contributed by atoms with van der Waals surface area (Å²) >= 11 is 1.85. The molecular formula is C52H33NOS. The van der Waals surface area contributed by atoms with Crippen LogP contribution < -0.4 is 4.90 Å². The third-order valence-electron chi connectivity index (χ3n) is 10.9. The Kier molecular flexibility index (Phi) is 7.39. The van der Waals surface area contributed by atoms with E-state index in [1.54, 1.807) is 0 Å². The highest BCUT2D eigenvalue weighted by Gasteiger charge is 2.18. The van der Waals surface area contributed by atoms with E-state index in [9.17, 15) is 0 Å². The maximum atomic E-state index is 6.65. The van der Waals surface area contributed by atoms with Crippen LogP contribution in [0.25, 0.3) is 86.3 Å². The molecular weight excluding hydrogens is 687 g/mol. The minimum atomic E-state index is 0.901. The van der Waals surface area contributed by atoms with E-state index in [4.69, 9.17) is 4.42 Å². The Hall–Kier alpha value is -6.94. The van der Waals surface area contributed by atoms with Crippen LogP contribution in [0.1, 0.15) is 0 Å². The van der Waals surface area contributed by atoms with Gasteiger partial charge in [0.25, 0.3) is 0 Å². The number of fused-ring (bicyclic) bond motifs is 8. The fourth-order valence-corrected chi connectivity index (χ4v) is 9.28. The first-order valence-corrected chi connectivity index (χ1v) is 19.5. The molecule has 0 atom stereocenters. The number of benzene rings is 9. The fourth-order valence-electron chi connectivity index (χ4n) is 8.19. The van der Waals surface area contributed by atoms with Gasteiger partial charge in [-0.25, -0.2) is 0 Å². The van der Waals surface area contributed by atoms with Gasteiger partial charge in [0.1, 0.15) is 11.2 Å². The van der Waals surface area contributed by atoms with Crippen molar-refractivity contribution >= 4 is 81.3 Å². The third-order valence-corrected chi connectivity index (χ3v) is 12.0. The third kappa shape index (κ3) is 5.40. The van der Waals surface area contributed by atoms with Crippen molar-refractivity contribution in [3.05, 3.63) is 200 Å². The molecule has 0 radical (unpaired) electrons. The van der Waals surface area contributed by atoms with Crippen molar-refractivity contribution in [2.75, 3.05) is 4.90 Å². The molecule has 0 unspecified atom stereocenters. The molecule has 0 spiro atoms. The number of furan rings is 1. The van der Waals surface area contributed by atoms with Crippen molar-refractivity contribution in [3.8, 4) is 33.4 Å². The first-order chi connectivity index (χ1) is 27.2. The van der Waals surface area contributed by atoms with Crippen LogP contribution >= 0.6 is 11.3 Å². The molecule has 9 aromatic carbocycles. The molecule has 0 aliphatic heterocycles. The second kappa shape index (κ2) is 12.9. The van der Waals surface area contributed by atoms with Gasteiger partial charge in [-0.2, -0.15) is 0 Å². The van der Waals surface area contributed by atoms with Crippen LogP contribution in [0.2, 0.25) is 0 Å². The Morgan fingerprint density at radius 1 is 0.327 bits per heavy atom. The summed E-state index contributed by atoms with van der Waals surface area (Å²) in [7, 11) is 0. The molecule has 0 aliphatic rings. The number of hydrogen-bond acceptors (Lipinski definition) is 3. The van der Waals surface area contributed by atoms with E-state index in [2.05, 4.69) is 205 Å². The number of rotatable bonds is 6. The molecule has 0 saturated carbocycles. The van der Waals surface area contributed by atoms with Crippen LogP contribution in [0.5, 0.6) is 0 Å². The highest BCUT2D eigenvalue weighted by atomic mass is 32.1. The summed E-state index contributed by atoms with van der Waals surface area (Å²) in [6.07, 6.45) is 0. The van der Waals surface area contributed by atoms with Gasteiger partial charge >= 0.3 is 0 Å². The summed E-state index contributed by atoms with van der Waals surface area (Å²) in [5.41, 5.74) is 12.2. The van der Waals surface area contributed by atoms with E-state index in [0.717, 1.165) is 55.5 Å². The lowest BCUT2D eigenvalue weighted by atomic mass is 9.95. The van der Waals surface area contributed by atoms with Gasteiger partial charge in [0, 0.05) is 53.4 Å². The zero-order valence-electron chi connectivity index (χ0n) is 29.8. The molecule has 0 amide bonds. The lowest BCUT2D eigenvalue weighted by Gasteiger charge is -2.26. The summed E-state index contributed by atoms with van der Waals surface area (Å²) in [6.45, 7) is 0. The highest BCUT2D eigenvalue weighted by molar-refractivity contribution is 7.25. The van der Waals surface area contributed by atoms with Gasteiger partial charge in [-0.3, -0.25) is 0 Å². The SMILES string of the molecule is c1ccc(-c2cccc(N(c3ccc(-c4cc5c6ccc(-c7ccccc7)cc6oc5c5ccccc45)cc3)c3ccc4sc5ccccc5c4c3)c2)cc1. The lowest BCUT2D eigenvalue weighted by molar-refractivity contribution is 0.673. The van der Waals surface area contributed by atoms with E-state index >= 15 is 0 Å². The zero-order chi connectivity index (χ0) is 36.3. The minimum absolute atomic E-state index is 0.901. The van der Waals surface area contributed by atoms with Gasteiger partial charge in [-0.05, 0) is 105 Å². The molecule has 3 heteroatoms. The molecule has 0 N–H and O–H groups in total. The van der Waals surface area contributed by atoms with Crippen LogP contribution in [-0.4, -0.2) is 0 Å². The maximum Gasteiger partial charge on any atom is 0.143 e. The van der Waals surface area contributed by atoms with Crippen molar-refractivity contribution in [3.63, 3.8) is 0 Å². The average molecular weight is 720 g/mol. The van der Waals surface area contributed by atoms with Gasteiger partial charge in [-0.15, -0.1) is 11.3 Å². The fraction of sp³-hybridized carbons (Fsp3) is 0. The molecule has 0 fully saturated rings. The monoisotopic (exact) mass is 719 g/mol. The number of thiophene rings is 1. The van der Waals surface area contributed by atoms with Crippen LogP contribution in [-0.2, 0) is 0 Å². The van der Waals surface area contributed by atoms with Gasteiger partial charge in [0.05, 0.1) is 0 Å². The van der Waals surface area contributed by atoms with Gasteiger partial charge in [0.15, 0.2) is 0 Å². The van der Waals surface area contributed by atoms with Crippen molar-refractivity contribution in [2.45, 2.75) is 0 Å². The number of anilines is 3. The summed E-state index contributed by atoms with van der Waals surface area (Å²) in [6, 6.07) is 72.2. The molecule has 55 heavy (non-hydrogen) atoms. The second-order valence-corrected chi connectivity index (χ2v) is 15.2. The van der Waals surface area contributed by atoms with Crippen molar-refractivity contribution in [2.24, 2.45) is 0 Å². The van der Waals surface area contributed by atoms with Gasteiger partial charge < -0.3 is 9.32 Å². The number of nitrogens with zero attached hydrogens (tertiary/aromatic N) is 1. The highest BCUT2D eigenvalue weighted by Crippen LogP contribution is 2.44. The normalized spacial score (nSPS) is 11.6. The molecule has 11 aromatic rings. The van der Waals surface area contributed by atoms with Crippen LogP contribution in [0, 0.1) is 0 Å². The topological polar surface area (TPSA) is 16.4 Å². The van der Waals surface area contributed by atoms with Crippen molar-refractivity contribution < 1.29 is 4.42 Å². The molecule has 2 aromatic heterocycles. The van der Waals surface area contributed by atoms with Gasteiger partial charge in [0.2, 0.25) is 0 Å². The molecule has 2 heterocycles. The van der Waals surface area contributed by atoms with Gasteiger partial charge in [-0.1, -0.05) is 133 Å². The Bertz CT molecular complexity index is 3190. The predicted octanol–water partition coefficient (Wildman–Crippen LogP) is 15.6. The first-order valence-electron chi connectivity index (χ1n) is 18.7. The van der Waals surface area contributed by atoms with E-state index < -0.39 is 0 Å². The molecule has 2 nitrogen and oxygen atoms in total.